The standard InChI is InChI=1S/C17H18N4O3/c1-24-17-19-9-13(10-20-17)16(23)18-8-12-7-15(22)21(11-12)14-5-3-2-4-6-14/h2-6,9-10,12H,7-8,11H2,1H3,(H,18,23)/t12-/m0/s1. The Morgan fingerprint density at radius 1 is 1.29 bits per heavy atom. The molecule has 1 aromatic carbocycles. The van der Waals surface area contributed by atoms with Crippen LogP contribution in [0.1, 0.15) is 16.8 Å². The molecule has 0 spiro atoms. The number of nitrogens with zero attached hydrogens (tertiary/aromatic N) is 3. The van der Waals surface area contributed by atoms with E-state index in [1.165, 1.54) is 19.5 Å². The Kier molecular flexibility index (Phi) is 4.69. The summed E-state index contributed by atoms with van der Waals surface area (Å²) < 4.78 is 4.86. The molecule has 1 aliphatic rings. The minimum atomic E-state index is -0.261. The number of carbonyl (C=O) groups is 2. The highest BCUT2D eigenvalue weighted by molar-refractivity contribution is 5.96. The van der Waals surface area contributed by atoms with Crippen LogP contribution in [0.2, 0.25) is 0 Å². The van der Waals surface area contributed by atoms with Crippen molar-refractivity contribution in [3.63, 3.8) is 0 Å². The lowest BCUT2D eigenvalue weighted by Gasteiger charge is -2.16. The average Bonchev–Trinajstić information content (AvgIpc) is 3.01. The van der Waals surface area contributed by atoms with E-state index in [0.717, 1.165) is 5.69 Å². The summed E-state index contributed by atoms with van der Waals surface area (Å²) in [5.74, 6) is -0.0997. The number of nitrogens with one attached hydrogen (secondary N) is 1. The monoisotopic (exact) mass is 326 g/mol. The SMILES string of the molecule is COc1ncc(C(=O)NC[C@@H]2CC(=O)N(c3ccccc3)C2)cn1. The van der Waals surface area contributed by atoms with Gasteiger partial charge in [0.2, 0.25) is 5.91 Å². The fourth-order valence-electron chi connectivity index (χ4n) is 2.65. The highest BCUT2D eigenvalue weighted by atomic mass is 16.5. The first-order chi connectivity index (χ1) is 11.7. The van der Waals surface area contributed by atoms with Gasteiger partial charge in [-0.1, -0.05) is 18.2 Å². The largest absolute Gasteiger partial charge is 0.467 e. The van der Waals surface area contributed by atoms with Gasteiger partial charge < -0.3 is 15.0 Å². The molecule has 7 nitrogen and oxygen atoms in total. The predicted octanol–water partition coefficient (Wildman–Crippen LogP) is 1.27. The van der Waals surface area contributed by atoms with Crippen LogP contribution in [0, 0.1) is 5.92 Å². The van der Waals surface area contributed by atoms with Crippen molar-refractivity contribution in [2.75, 3.05) is 25.1 Å². The second-order valence-corrected chi connectivity index (χ2v) is 5.58. The molecule has 0 saturated carbocycles. The summed E-state index contributed by atoms with van der Waals surface area (Å²) >= 11 is 0. The van der Waals surface area contributed by atoms with Crippen molar-refractivity contribution in [2.24, 2.45) is 5.92 Å². The van der Waals surface area contributed by atoms with Gasteiger partial charge >= 0.3 is 6.01 Å². The van der Waals surface area contributed by atoms with E-state index < -0.39 is 0 Å². The summed E-state index contributed by atoms with van der Waals surface area (Å²) in [5, 5.41) is 2.83. The molecule has 2 heterocycles. The third kappa shape index (κ3) is 3.51. The molecular formula is C17H18N4O3. The van der Waals surface area contributed by atoms with E-state index in [9.17, 15) is 9.59 Å². The van der Waals surface area contributed by atoms with Crippen molar-refractivity contribution in [1.29, 1.82) is 0 Å². The summed E-state index contributed by atoms with van der Waals surface area (Å²) in [6.07, 6.45) is 3.25. The summed E-state index contributed by atoms with van der Waals surface area (Å²) in [7, 11) is 1.46. The van der Waals surface area contributed by atoms with Crippen LogP contribution >= 0.6 is 0 Å². The Morgan fingerprint density at radius 2 is 2.00 bits per heavy atom. The van der Waals surface area contributed by atoms with Crippen molar-refractivity contribution in [2.45, 2.75) is 6.42 Å². The van der Waals surface area contributed by atoms with Crippen LogP contribution in [-0.4, -0.2) is 42.0 Å². The molecule has 0 aliphatic carbocycles. The van der Waals surface area contributed by atoms with Crippen molar-refractivity contribution < 1.29 is 14.3 Å². The Balaban J connectivity index is 1.55. The van der Waals surface area contributed by atoms with E-state index in [0.29, 0.717) is 25.1 Å². The van der Waals surface area contributed by atoms with E-state index in [2.05, 4.69) is 15.3 Å². The van der Waals surface area contributed by atoms with Crippen molar-refractivity contribution in [3.8, 4) is 6.01 Å². The van der Waals surface area contributed by atoms with Gasteiger partial charge in [-0.2, -0.15) is 0 Å². The molecular weight excluding hydrogens is 308 g/mol. The summed E-state index contributed by atoms with van der Waals surface area (Å²) in [6, 6.07) is 9.76. The lowest BCUT2D eigenvalue weighted by molar-refractivity contribution is -0.117. The highest BCUT2D eigenvalue weighted by Crippen LogP contribution is 2.24. The van der Waals surface area contributed by atoms with Crippen LogP contribution in [0.3, 0.4) is 0 Å². The first kappa shape index (κ1) is 15.9. The smallest absolute Gasteiger partial charge is 0.316 e. The maximum absolute atomic E-state index is 12.1. The number of aromatic nitrogens is 2. The van der Waals surface area contributed by atoms with Gasteiger partial charge in [-0.3, -0.25) is 9.59 Å². The molecule has 24 heavy (non-hydrogen) atoms. The molecule has 1 aliphatic heterocycles. The summed E-state index contributed by atoms with van der Waals surface area (Å²) in [4.78, 5) is 33.8. The van der Waals surface area contributed by atoms with Crippen molar-refractivity contribution in [1.82, 2.24) is 15.3 Å². The zero-order valence-electron chi connectivity index (χ0n) is 13.3. The molecule has 0 radical (unpaired) electrons. The van der Waals surface area contributed by atoms with E-state index in [1.54, 1.807) is 4.90 Å². The van der Waals surface area contributed by atoms with E-state index in [-0.39, 0.29) is 23.7 Å². The van der Waals surface area contributed by atoms with E-state index in [1.807, 2.05) is 30.3 Å². The molecule has 1 aromatic heterocycles. The van der Waals surface area contributed by atoms with Crippen LogP contribution in [-0.2, 0) is 4.79 Å². The first-order valence-corrected chi connectivity index (χ1v) is 7.67. The normalized spacial score (nSPS) is 17.0. The number of methoxy groups -OCH3 is 1. The number of para-hydroxylation sites is 1. The minimum Gasteiger partial charge on any atom is -0.467 e. The maximum atomic E-state index is 12.1. The zero-order chi connectivity index (χ0) is 16.9. The first-order valence-electron chi connectivity index (χ1n) is 7.67. The molecule has 1 saturated heterocycles. The second-order valence-electron chi connectivity index (χ2n) is 5.58. The zero-order valence-corrected chi connectivity index (χ0v) is 13.3. The van der Waals surface area contributed by atoms with Gasteiger partial charge in [0.05, 0.1) is 12.7 Å². The molecule has 1 fully saturated rings. The van der Waals surface area contributed by atoms with Crippen molar-refractivity contribution >= 4 is 17.5 Å². The third-order valence-electron chi connectivity index (χ3n) is 3.90. The summed E-state index contributed by atoms with van der Waals surface area (Å²) in [6.45, 7) is 1.03. The number of hydrogen-bond donors (Lipinski definition) is 1. The van der Waals surface area contributed by atoms with Crippen molar-refractivity contribution in [3.05, 3.63) is 48.3 Å². The number of rotatable bonds is 5. The van der Waals surface area contributed by atoms with Gasteiger partial charge in [0, 0.05) is 43.5 Å². The molecule has 3 rings (SSSR count). The van der Waals surface area contributed by atoms with Crippen LogP contribution in [0.25, 0.3) is 0 Å². The molecule has 0 unspecified atom stereocenters. The molecule has 1 atom stereocenters. The van der Waals surface area contributed by atoms with Crippen LogP contribution in [0.15, 0.2) is 42.7 Å². The van der Waals surface area contributed by atoms with E-state index >= 15 is 0 Å². The number of hydrogen-bond acceptors (Lipinski definition) is 5. The third-order valence-corrected chi connectivity index (χ3v) is 3.90. The Morgan fingerprint density at radius 3 is 2.67 bits per heavy atom. The van der Waals surface area contributed by atoms with Gasteiger partial charge in [0.1, 0.15) is 0 Å². The average molecular weight is 326 g/mol. The number of benzene rings is 1. The molecule has 124 valence electrons. The Bertz CT molecular complexity index is 718. The topological polar surface area (TPSA) is 84.4 Å². The van der Waals surface area contributed by atoms with Gasteiger partial charge in [0.25, 0.3) is 5.91 Å². The maximum Gasteiger partial charge on any atom is 0.316 e. The van der Waals surface area contributed by atoms with E-state index in [4.69, 9.17) is 4.74 Å². The molecule has 0 bridgehead atoms. The van der Waals surface area contributed by atoms with Gasteiger partial charge in [0.15, 0.2) is 0 Å². The van der Waals surface area contributed by atoms with Crippen LogP contribution in [0.5, 0.6) is 6.01 Å². The number of amides is 2. The van der Waals surface area contributed by atoms with Crippen LogP contribution in [0.4, 0.5) is 5.69 Å². The fraction of sp³-hybridized carbons (Fsp3) is 0.294. The number of anilines is 1. The minimum absolute atomic E-state index is 0.0771. The van der Waals surface area contributed by atoms with Gasteiger partial charge in [-0.15, -0.1) is 0 Å². The highest BCUT2D eigenvalue weighted by Gasteiger charge is 2.30. The lowest BCUT2D eigenvalue weighted by Crippen LogP contribution is -2.31. The molecule has 7 heteroatoms. The quantitative estimate of drug-likeness (QED) is 0.894. The summed E-state index contributed by atoms with van der Waals surface area (Å²) in [5.41, 5.74) is 1.25. The fourth-order valence-corrected chi connectivity index (χ4v) is 2.65. The second kappa shape index (κ2) is 7.08. The lowest BCUT2D eigenvalue weighted by atomic mass is 10.1. The number of ether oxygens (including phenoxy) is 1. The van der Waals surface area contributed by atoms with Gasteiger partial charge in [-0.05, 0) is 12.1 Å². The Hall–Kier alpha value is -2.96. The van der Waals surface area contributed by atoms with Crippen LogP contribution < -0.4 is 15.0 Å². The number of carbonyl (C=O) groups excluding carboxylic acids is 2. The molecule has 2 amide bonds. The molecule has 1 N–H and O–H groups in total. The van der Waals surface area contributed by atoms with Gasteiger partial charge in [-0.25, -0.2) is 9.97 Å². The molecule has 2 aromatic rings. The predicted molar refractivity (Wildman–Crippen MR) is 87.8 cm³/mol. The Labute approximate surface area is 139 Å².